The van der Waals surface area contributed by atoms with Crippen LogP contribution in [0.4, 0.5) is 0 Å². The van der Waals surface area contributed by atoms with Gasteiger partial charge in [0.05, 0.1) is 16.8 Å². The van der Waals surface area contributed by atoms with Gasteiger partial charge in [0.25, 0.3) is 5.91 Å². The molecule has 3 rings (SSSR count). The van der Waals surface area contributed by atoms with E-state index in [0.29, 0.717) is 5.56 Å². The molecule has 1 atom stereocenters. The fourth-order valence-corrected chi connectivity index (χ4v) is 2.82. The van der Waals surface area contributed by atoms with Crippen LogP contribution in [0.1, 0.15) is 29.0 Å². The molecule has 2 aromatic carbocycles. The lowest BCUT2D eigenvalue weighted by atomic mass is 9.92. The summed E-state index contributed by atoms with van der Waals surface area (Å²) >= 11 is 0. The molecule has 0 radical (unpaired) electrons. The number of aromatic nitrogens is 1. The maximum Gasteiger partial charge on any atom is 0.252 e. The Bertz CT molecular complexity index is 857. The predicted octanol–water partition coefficient (Wildman–Crippen LogP) is 3.28. The molecule has 0 bridgehead atoms. The number of para-hydroxylation sites is 1. The van der Waals surface area contributed by atoms with Crippen LogP contribution in [-0.4, -0.2) is 17.9 Å². The van der Waals surface area contributed by atoms with Gasteiger partial charge in [0.2, 0.25) is 0 Å². The Morgan fingerprint density at radius 1 is 1.09 bits per heavy atom. The van der Waals surface area contributed by atoms with Crippen LogP contribution in [0.2, 0.25) is 0 Å². The molecule has 0 saturated carbocycles. The minimum atomic E-state index is -0.279. The minimum absolute atomic E-state index is 0.135. The van der Waals surface area contributed by atoms with Gasteiger partial charge in [0, 0.05) is 24.0 Å². The van der Waals surface area contributed by atoms with Crippen molar-refractivity contribution in [3.63, 3.8) is 0 Å². The number of hydrogen-bond acceptors (Lipinski definition) is 3. The zero-order valence-corrected chi connectivity index (χ0v) is 13.2. The molecule has 4 nitrogen and oxygen atoms in total. The van der Waals surface area contributed by atoms with E-state index in [9.17, 15) is 4.79 Å². The summed E-state index contributed by atoms with van der Waals surface area (Å²) in [6, 6.07) is 17.2. The number of fused-ring (bicyclic) bond motifs is 1. The van der Waals surface area contributed by atoms with Crippen LogP contribution in [0.25, 0.3) is 22.0 Å². The maximum absolute atomic E-state index is 12.6. The molecule has 1 aromatic heterocycles. The molecule has 0 spiro atoms. The van der Waals surface area contributed by atoms with Crippen LogP contribution < -0.4 is 11.1 Å². The highest BCUT2D eigenvalue weighted by Crippen LogP contribution is 2.34. The lowest BCUT2D eigenvalue weighted by Gasteiger charge is -2.18. The maximum atomic E-state index is 12.6. The third kappa shape index (κ3) is 2.69. The first-order valence-corrected chi connectivity index (χ1v) is 7.59. The highest BCUT2D eigenvalue weighted by Gasteiger charge is 2.22. The summed E-state index contributed by atoms with van der Waals surface area (Å²) in [4.78, 5) is 17.3. The van der Waals surface area contributed by atoms with Crippen molar-refractivity contribution in [2.24, 2.45) is 5.73 Å². The van der Waals surface area contributed by atoms with Crippen molar-refractivity contribution in [3.8, 4) is 11.1 Å². The molecule has 0 aliphatic rings. The van der Waals surface area contributed by atoms with Crippen LogP contribution in [0.3, 0.4) is 0 Å². The summed E-state index contributed by atoms with van der Waals surface area (Å²) in [6.45, 7) is 1.89. The van der Waals surface area contributed by atoms with Crippen molar-refractivity contribution in [1.82, 2.24) is 10.3 Å². The van der Waals surface area contributed by atoms with Gasteiger partial charge in [0.1, 0.15) is 0 Å². The first-order chi connectivity index (χ1) is 11.1. The first-order valence-electron chi connectivity index (χ1n) is 7.59. The van der Waals surface area contributed by atoms with Crippen LogP contribution in [0.15, 0.2) is 54.6 Å². The number of carbonyl (C=O) groups excluding carboxylic acids is 1. The minimum Gasteiger partial charge on any atom is -0.355 e. The van der Waals surface area contributed by atoms with Crippen molar-refractivity contribution in [3.05, 3.63) is 65.9 Å². The van der Waals surface area contributed by atoms with Crippen molar-refractivity contribution >= 4 is 16.8 Å². The van der Waals surface area contributed by atoms with Gasteiger partial charge in [0.15, 0.2) is 0 Å². The molecule has 1 amide bonds. The second kappa shape index (κ2) is 6.18. The molecule has 1 unspecified atom stereocenters. The summed E-state index contributed by atoms with van der Waals surface area (Å²) in [5, 5.41) is 3.57. The van der Waals surface area contributed by atoms with Crippen molar-refractivity contribution < 1.29 is 4.79 Å². The fraction of sp³-hybridized carbons (Fsp3) is 0.158. The Hall–Kier alpha value is -2.72. The number of amides is 1. The highest BCUT2D eigenvalue weighted by molar-refractivity contribution is 6.12. The highest BCUT2D eigenvalue weighted by atomic mass is 16.1. The van der Waals surface area contributed by atoms with E-state index in [2.05, 4.69) is 5.32 Å². The summed E-state index contributed by atoms with van der Waals surface area (Å²) in [5.74, 6) is -0.135. The largest absolute Gasteiger partial charge is 0.355 e. The number of hydrogen-bond donors (Lipinski definition) is 2. The zero-order valence-electron chi connectivity index (χ0n) is 13.2. The van der Waals surface area contributed by atoms with Gasteiger partial charge >= 0.3 is 0 Å². The fourth-order valence-electron chi connectivity index (χ4n) is 2.82. The number of pyridine rings is 1. The number of rotatable bonds is 3. The first kappa shape index (κ1) is 15.2. The van der Waals surface area contributed by atoms with Crippen LogP contribution >= 0.6 is 0 Å². The molecule has 3 aromatic rings. The van der Waals surface area contributed by atoms with E-state index in [0.717, 1.165) is 27.7 Å². The molecule has 23 heavy (non-hydrogen) atoms. The summed E-state index contributed by atoms with van der Waals surface area (Å²) in [5.41, 5.74) is 10.0. The second-order valence-electron chi connectivity index (χ2n) is 5.50. The molecule has 3 N–H and O–H groups in total. The van der Waals surface area contributed by atoms with E-state index in [1.54, 1.807) is 7.05 Å². The molecule has 0 fully saturated rings. The molecular formula is C19H19N3O. The Balaban J connectivity index is 2.47. The molecule has 116 valence electrons. The SMILES string of the molecule is CNC(=O)c1c(-c2ccccc2)c(C(C)N)nc2ccccc12. The summed E-state index contributed by atoms with van der Waals surface area (Å²) < 4.78 is 0. The Morgan fingerprint density at radius 2 is 1.74 bits per heavy atom. The number of nitrogens with one attached hydrogen (secondary N) is 1. The monoisotopic (exact) mass is 305 g/mol. The van der Waals surface area contributed by atoms with E-state index in [1.807, 2.05) is 61.5 Å². The predicted molar refractivity (Wildman–Crippen MR) is 93.2 cm³/mol. The van der Waals surface area contributed by atoms with Crippen LogP contribution in [0.5, 0.6) is 0 Å². The lowest BCUT2D eigenvalue weighted by molar-refractivity contribution is 0.0965. The van der Waals surface area contributed by atoms with Crippen LogP contribution in [-0.2, 0) is 0 Å². The standard InChI is InChI=1S/C19H19N3O/c1-12(20)18-16(13-8-4-3-5-9-13)17(19(23)21-2)14-10-6-7-11-15(14)22-18/h3-12H,20H2,1-2H3,(H,21,23). The topological polar surface area (TPSA) is 68.0 Å². The van der Waals surface area contributed by atoms with E-state index < -0.39 is 0 Å². The average molecular weight is 305 g/mol. The average Bonchev–Trinajstić information content (AvgIpc) is 2.60. The number of benzene rings is 2. The molecule has 4 heteroatoms. The molecule has 1 heterocycles. The number of carbonyl (C=O) groups is 1. The lowest BCUT2D eigenvalue weighted by Crippen LogP contribution is -2.21. The van der Waals surface area contributed by atoms with E-state index in [1.165, 1.54) is 0 Å². The zero-order chi connectivity index (χ0) is 16.4. The summed E-state index contributed by atoms with van der Waals surface area (Å²) in [6.07, 6.45) is 0. The summed E-state index contributed by atoms with van der Waals surface area (Å²) in [7, 11) is 1.64. The Labute approximate surface area is 135 Å². The normalized spacial score (nSPS) is 12.1. The second-order valence-corrected chi connectivity index (χ2v) is 5.50. The number of nitrogens with zero attached hydrogens (tertiary/aromatic N) is 1. The smallest absolute Gasteiger partial charge is 0.252 e. The molecular weight excluding hydrogens is 286 g/mol. The third-order valence-electron chi connectivity index (χ3n) is 3.87. The van der Waals surface area contributed by atoms with Gasteiger partial charge in [-0.1, -0.05) is 48.5 Å². The van der Waals surface area contributed by atoms with Crippen molar-refractivity contribution in [2.75, 3.05) is 7.05 Å². The van der Waals surface area contributed by atoms with Gasteiger partial charge in [-0.15, -0.1) is 0 Å². The molecule has 0 saturated heterocycles. The van der Waals surface area contributed by atoms with E-state index in [4.69, 9.17) is 10.7 Å². The Morgan fingerprint density at radius 3 is 2.39 bits per heavy atom. The van der Waals surface area contributed by atoms with E-state index >= 15 is 0 Å². The van der Waals surface area contributed by atoms with E-state index in [-0.39, 0.29) is 11.9 Å². The molecule has 0 aliphatic carbocycles. The van der Waals surface area contributed by atoms with Crippen molar-refractivity contribution in [1.29, 1.82) is 0 Å². The quantitative estimate of drug-likeness (QED) is 0.780. The Kier molecular flexibility index (Phi) is 4.08. The van der Waals surface area contributed by atoms with Crippen molar-refractivity contribution in [2.45, 2.75) is 13.0 Å². The van der Waals surface area contributed by atoms with Gasteiger partial charge in [-0.05, 0) is 18.6 Å². The molecule has 0 aliphatic heterocycles. The van der Waals surface area contributed by atoms with Gasteiger partial charge in [-0.25, -0.2) is 0 Å². The van der Waals surface area contributed by atoms with Gasteiger partial charge < -0.3 is 11.1 Å². The third-order valence-corrected chi connectivity index (χ3v) is 3.87. The van der Waals surface area contributed by atoms with Gasteiger partial charge in [-0.2, -0.15) is 0 Å². The van der Waals surface area contributed by atoms with Gasteiger partial charge in [-0.3, -0.25) is 9.78 Å². The number of nitrogens with two attached hydrogens (primary N) is 1. The van der Waals surface area contributed by atoms with Crippen LogP contribution in [0, 0.1) is 0 Å².